The summed E-state index contributed by atoms with van der Waals surface area (Å²) in [6, 6.07) is 4.19. The van der Waals surface area contributed by atoms with E-state index in [0.29, 0.717) is 11.8 Å². The second-order valence-corrected chi connectivity index (χ2v) is 10.4. The fraction of sp³-hybridized carbons (Fsp3) is 0.654. The summed E-state index contributed by atoms with van der Waals surface area (Å²) in [6.45, 7) is 9.38. The van der Waals surface area contributed by atoms with Crippen LogP contribution in [0, 0.1) is 23.2 Å². The summed E-state index contributed by atoms with van der Waals surface area (Å²) < 4.78 is 16.9. The van der Waals surface area contributed by atoms with Crippen LogP contribution in [-0.2, 0) is 22.5 Å². The standard InChI is InChI=1S/C26H35NO4/c1-16-6-5-8-26(2)13-24-19(12-21(16)26)20(25(28)31-24)15-27-9-7-17-10-22(29-3)23(30-4)11-18(17)14-27/h10-11,19-21,24H,1,5-9,12-15H2,2-4H3. The summed E-state index contributed by atoms with van der Waals surface area (Å²) >= 11 is 0. The number of carbonyl (C=O) groups is 1. The number of methoxy groups -OCH3 is 2. The van der Waals surface area contributed by atoms with Gasteiger partial charge in [-0.1, -0.05) is 19.1 Å². The van der Waals surface area contributed by atoms with Crippen LogP contribution in [0.5, 0.6) is 11.5 Å². The van der Waals surface area contributed by atoms with Gasteiger partial charge in [-0.15, -0.1) is 0 Å². The third-order valence-corrected chi connectivity index (χ3v) is 8.57. The molecule has 2 saturated carbocycles. The van der Waals surface area contributed by atoms with Gasteiger partial charge in [0.25, 0.3) is 0 Å². The molecule has 5 unspecified atom stereocenters. The SMILES string of the molecule is C=C1CCCC2(C)CC3OC(=O)C(CN4CCc5cc(OC)c(OC)cc5C4)C3CC12. The van der Waals surface area contributed by atoms with Gasteiger partial charge in [-0.25, -0.2) is 0 Å². The van der Waals surface area contributed by atoms with Crippen LogP contribution in [-0.4, -0.2) is 44.3 Å². The Balaban J connectivity index is 1.32. The fourth-order valence-electron chi connectivity index (χ4n) is 6.84. The van der Waals surface area contributed by atoms with Crippen LogP contribution in [0.3, 0.4) is 0 Å². The smallest absolute Gasteiger partial charge is 0.310 e. The molecule has 1 saturated heterocycles. The second kappa shape index (κ2) is 7.84. The lowest BCUT2D eigenvalue weighted by Crippen LogP contribution is -2.46. The molecular formula is C26H35NO4. The highest BCUT2D eigenvalue weighted by Gasteiger charge is 2.55. The minimum absolute atomic E-state index is 0.0148. The maximum Gasteiger partial charge on any atom is 0.310 e. The monoisotopic (exact) mass is 425 g/mol. The van der Waals surface area contributed by atoms with Crippen LogP contribution in [0.15, 0.2) is 24.3 Å². The van der Waals surface area contributed by atoms with E-state index in [2.05, 4.69) is 30.5 Å². The first kappa shape index (κ1) is 20.9. The van der Waals surface area contributed by atoms with Gasteiger partial charge in [-0.2, -0.15) is 0 Å². The molecule has 4 aliphatic rings. The molecule has 2 aliphatic carbocycles. The summed E-state index contributed by atoms with van der Waals surface area (Å²) in [5.74, 6) is 2.41. The molecule has 0 spiro atoms. The Kier molecular flexibility index (Phi) is 5.28. The molecule has 168 valence electrons. The molecule has 2 aliphatic heterocycles. The van der Waals surface area contributed by atoms with Gasteiger partial charge in [0.05, 0.1) is 20.1 Å². The van der Waals surface area contributed by atoms with E-state index in [1.54, 1.807) is 14.2 Å². The molecule has 0 N–H and O–H groups in total. The molecule has 31 heavy (non-hydrogen) atoms. The van der Waals surface area contributed by atoms with E-state index in [4.69, 9.17) is 14.2 Å². The third-order valence-electron chi connectivity index (χ3n) is 8.57. The van der Waals surface area contributed by atoms with Crippen molar-refractivity contribution in [2.45, 2.75) is 58.1 Å². The number of allylic oxidation sites excluding steroid dienone is 1. The summed E-state index contributed by atoms with van der Waals surface area (Å²) in [5.41, 5.74) is 4.24. The number of benzene rings is 1. The molecule has 0 aromatic heterocycles. The van der Waals surface area contributed by atoms with Gasteiger partial charge < -0.3 is 14.2 Å². The quantitative estimate of drug-likeness (QED) is 0.529. The number of rotatable bonds is 4. The number of fused-ring (bicyclic) bond motifs is 3. The van der Waals surface area contributed by atoms with Crippen molar-refractivity contribution in [3.63, 3.8) is 0 Å². The van der Waals surface area contributed by atoms with Gasteiger partial charge in [0.2, 0.25) is 0 Å². The lowest BCUT2D eigenvalue weighted by molar-refractivity contribution is -0.146. The van der Waals surface area contributed by atoms with Crippen molar-refractivity contribution in [2.75, 3.05) is 27.3 Å². The van der Waals surface area contributed by atoms with Gasteiger partial charge >= 0.3 is 5.97 Å². The minimum Gasteiger partial charge on any atom is -0.493 e. The zero-order valence-electron chi connectivity index (χ0n) is 19.1. The molecule has 5 nitrogen and oxygen atoms in total. The van der Waals surface area contributed by atoms with E-state index in [9.17, 15) is 4.79 Å². The third kappa shape index (κ3) is 3.55. The first-order valence-electron chi connectivity index (χ1n) is 11.8. The number of hydrogen-bond acceptors (Lipinski definition) is 5. The summed E-state index contributed by atoms with van der Waals surface area (Å²) in [4.78, 5) is 15.4. The van der Waals surface area contributed by atoms with Crippen molar-refractivity contribution in [3.05, 3.63) is 35.4 Å². The molecule has 0 amide bonds. The summed E-state index contributed by atoms with van der Waals surface area (Å²) in [7, 11) is 3.35. The molecule has 5 heteroatoms. The van der Waals surface area contributed by atoms with Crippen molar-refractivity contribution >= 4 is 5.97 Å². The molecule has 5 atom stereocenters. The van der Waals surface area contributed by atoms with E-state index < -0.39 is 0 Å². The molecule has 0 bridgehead atoms. The topological polar surface area (TPSA) is 48.0 Å². The Hall–Kier alpha value is -2.01. The Morgan fingerprint density at radius 1 is 1.19 bits per heavy atom. The normalized spacial score (nSPS) is 35.1. The molecule has 1 aromatic rings. The van der Waals surface area contributed by atoms with Gasteiger partial charge in [-0.3, -0.25) is 9.69 Å². The average Bonchev–Trinajstić information content (AvgIpc) is 3.04. The van der Waals surface area contributed by atoms with Crippen molar-refractivity contribution in [1.29, 1.82) is 0 Å². The number of esters is 1. The van der Waals surface area contributed by atoms with Gasteiger partial charge in [-0.05, 0) is 73.1 Å². The maximum absolute atomic E-state index is 12.9. The van der Waals surface area contributed by atoms with E-state index in [1.807, 2.05) is 0 Å². The molecular weight excluding hydrogens is 390 g/mol. The van der Waals surface area contributed by atoms with Crippen molar-refractivity contribution < 1.29 is 19.0 Å². The van der Waals surface area contributed by atoms with Crippen LogP contribution >= 0.6 is 0 Å². The predicted octanol–water partition coefficient (Wildman–Crippen LogP) is 4.38. The molecule has 5 rings (SSSR count). The molecule has 0 radical (unpaired) electrons. The van der Waals surface area contributed by atoms with Crippen LogP contribution < -0.4 is 9.47 Å². The number of hydrogen-bond donors (Lipinski definition) is 0. The Morgan fingerprint density at radius 2 is 1.94 bits per heavy atom. The molecule has 1 aromatic carbocycles. The van der Waals surface area contributed by atoms with Crippen LogP contribution in [0.2, 0.25) is 0 Å². The lowest BCUT2D eigenvalue weighted by atomic mass is 9.55. The van der Waals surface area contributed by atoms with Gasteiger partial charge in [0.15, 0.2) is 11.5 Å². The Morgan fingerprint density at radius 3 is 2.68 bits per heavy atom. The number of nitrogens with zero attached hydrogens (tertiary/aromatic N) is 1. The predicted molar refractivity (Wildman–Crippen MR) is 119 cm³/mol. The first-order valence-corrected chi connectivity index (χ1v) is 11.8. The fourth-order valence-corrected chi connectivity index (χ4v) is 6.84. The Bertz CT molecular complexity index is 896. The minimum atomic E-state index is -0.0222. The maximum atomic E-state index is 12.9. The van der Waals surface area contributed by atoms with Crippen molar-refractivity contribution in [2.24, 2.45) is 23.2 Å². The van der Waals surface area contributed by atoms with Crippen molar-refractivity contribution in [3.8, 4) is 11.5 Å². The summed E-state index contributed by atoms with van der Waals surface area (Å²) in [6.07, 6.45) is 6.72. The highest BCUT2D eigenvalue weighted by molar-refractivity contribution is 5.75. The van der Waals surface area contributed by atoms with Crippen molar-refractivity contribution in [1.82, 2.24) is 4.90 Å². The van der Waals surface area contributed by atoms with E-state index in [0.717, 1.165) is 56.8 Å². The van der Waals surface area contributed by atoms with Crippen LogP contribution in [0.4, 0.5) is 0 Å². The number of carbonyl (C=O) groups excluding carboxylic acids is 1. The zero-order valence-corrected chi connectivity index (χ0v) is 19.1. The van der Waals surface area contributed by atoms with Crippen LogP contribution in [0.1, 0.15) is 50.2 Å². The Labute approximate surface area is 185 Å². The summed E-state index contributed by atoms with van der Waals surface area (Å²) in [5, 5.41) is 0. The molecule has 2 heterocycles. The van der Waals surface area contributed by atoms with E-state index >= 15 is 0 Å². The number of ether oxygens (including phenoxy) is 3. The van der Waals surface area contributed by atoms with Gasteiger partial charge in [0, 0.05) is 25.6 Å². The zero-order chi connectivity index (χ0) is 21.8. The molecule has 3 fully saturated rings. The van der Waals surface area contributed by atoms with E-state index in [1.165, 1.54) is 29.5 Å². The van der Waals surface area contributed by atoms with Crippen LogP contribution in [0.25, 0.3) is 0 Å². The highest BCUT2D eigenvalue weighted by atomic mass is 16.6. The first-order chi connectivity index (χ1) is 14.9. The average molecular weight is 426 g/mol. The second-order valence-electron chi connectivity index (χ2n) is 10.4. The van der Waals surface area contributed by atoms with Gasteiger partial charge in [0.1, 0.15) is 6.10 Å². The highest BCUT2D eigenvalue weighted by Crippen LogP contribution is 2.57. The lowest BCUT2D eigenvalue weighted by Gasteiger charge is -2.50. The largest absolute Gasteiger partial charge is 0.493 e. The van der Waals surface area contributed by atoms with E-state index in [-0.39, 0.29) is 23.4 Å².